The third-order valence-electron chi connectivity index (χ3n) is 3.70. The van der Waals surface area contributed by atoms with Crippen LogP contribution in [0.25, 0.3) is 0 Å². The highest BCUT2D eigenvalue weighted by Gasteiger charge is 2.20. The van der Waals surface area contributed by atoms with Gasteiger partial charge in [0, 0.05) is 11.6 Å². The molecule has 1 aliphatic heterocycles. The van der Waals surface area contributed by atoms with Crippen molar-refractivity contribution in [3.8, 4) is 5.75 Å². The zero-order chi connectivity index (χ0) is 12.4. The minimum absolute atomic E-state index is 0.570. The van der Waals surface area contributed by atoms with Gasteiger partial charge < -0.3 is 10.1 Å². The van der Waals surface area contributed by atoms with Gasteiger partial charge in [0.25, 0.3) is 0 Å². The SMILES string of the molecule is COc1c(Cl)cc(C)c(C)c1CC1CCCN1. The molecular formula is C14H20ClNO. The number of ether oxygens (including phenoxy) is 1. The van der Waals surface area contributed by atoms with Crippen LogP contribution in [0, 0.1) is 13.8 Å². The average Bonchev–Trinajstić information content (AvgIpc) is 2.78. The summed E-state index contributed by atoms with van der Waals surface area (Å²) in [5.41, 5.74) is 3.81. The van der Waals surface area contributed by atoms with Crippen LogP contribution in [0.3, 0.4) is 0 Å². The lowest BCUT2D eigenvalue weighted by molar-refractivity contribution is 0.406. The quantitative estimate of drug-likeness (QED) is 0.893. The van der Waals surface area contributed by atoms with E-state index in [1.54, 1.807) is 7.11 Å². The van der Waals surface area contributed by atoms with Crippen LogP contribution in [0.5, 0.6) is 5.75 Å². The van der Waals surface area contributed by atoms with E-state index in [4.69, 9.17) is 16.3 Å². The number of benzene rings is 1. The van der Waals surface area contributed by atoms with E-state index in [0.717, 1.165) is 23.7 Å². The predicted molar refractivity (Wildman–Crippen MR) is 72.2 cm³/mol. The maximum Gasteiger partial charge on any atom is 0.140 e. The van der Waals surface area contributed by atoms with Crippen molar-refractivity contribution in [1.29, 1.82) is 0 Å². The Balaban J connectivity index is 2.35. The lowest BCUT2D eigenvalue weighted by Gasteiger charge is -2.18. The summed E-state index contributed by atoms with van der Waals surface area (Å²) in [6.07, 6.45) is 3.52. The molecule has 0 aliphatic carbocycles. The Morgan fingerprint density at radius 1 is 1.47 bits per heavy atom. The topological polar surface area (TPSA) is 21.3 Å². The molecule has 1 N–H and O–H groups in total. The molecule has 1 aromatic rings. The average molecular weight is 254 g/mol. The van der Waals surface area contributed by atoms with Gasteiger partial charge in [-0.05, 0) is 56.8 Å². The highest BCUT2D eigenvalue weighted by Crippen LogP contribution is 2.34. The van der Waals surface area contributed by atoms with Crippen LogP contribution in [-0.4, -0.2) is 19.7 Å². The molecule has 1 heterocycles. The number of nitrogens with one attached hydrogen (secondary N) is 1. The zero-order valence-electron chi connectivity index (χ0n) is 10.8. The molecule has 3 heteroatoms. The molecule has 0 radical (unpaired) electrons. The van der Waals surface area contributed by atoms with Gasteiger partial charge in [0.05, 0.1) is 12.1 Å². The molecule has 1 atom stereocenters. The van der Waals surface area contributed by atoms with Gasteiger partial charge in [-0.1, -0.05) is 11.6 Å². The second-order valence-electron chi connectivity index (χ2n) is 4.81. The smallest absolute Gasteiger partial charge is 0.140 e. The highest BCUT2D eigenvalue weighted by molar-refractivity contribution is 6.32. The molecule has 1 saturated heterocycles. The number of hydrogen-bond acceptors (Lipinski definition) is 2. The fourth-order valence-electron chi connectivity index (χ4n) is 2.56. The molecule has 0 bridgehead atoms. The number of hydrogen-bond donors (Lipinski definition) is 1. The van der Waals surface area contributed by atoms with Crippen LogP contribution >= 0.6 is 11.6 Å². The van der Waals surface area contributed by atoms with Gasteiger partial charge in [-0.15, -0.1) is 0 Å². The minimum Gasteiger partial charge on any atom is -0.495 e. The van der Waals surface area contributed by atoms with Crippen molar-refractivity contribution in [1.82, 2.24) is 5.32 Å². The second kappa shape index (κ2) is 5.28. The number of aryl methyl sites for hydroxylation is 1. The predicted octanol–water partition coefficient (Wildman–Crippen LogP) is 3.26. The Morgan fingerprint density at radius 2 is 2.24 bits per heavy atom. The van der Waals surface area contributed by atoms with Gasteiger partial charge in [-0.25, -0.2) is 0 Å². The number of halogens is 1. The summed E-state index contributed by atoms with van der Waals surface area (Å²) in [5.74, 6) is 0.850. The van der Waals surface area contributed by atoms with E-state index in [1.807, 2.05) is 6.07 Å². The molecule has 1 aromatic carbocycles. The molecule has 0 aromatic heterocycles. The van der Waals surface area contributed by atoms with Crippen LogP contribution < -0.4 is 10.1 Å². The Morgan fingerprint density at radius 3 is 2.82 bits per heavy atom. The maximum absolute atomic E-state index is 6.25. The summed E-state index contributed by atoms with van der Waals surface area (Å²) >= 11 is 6.25. The Labute approximate surface area is 108 Å². The lowest BCUT2D eigenvalue weighted by atomic mass is 9.96. The third-order valence-corrected chi connectivity index (χ3v) is 3.98. The van der Waals surface area contributed by atoms with Gasteiger partial charge in [-0.2, -0.15) is 0 Å². The maximum atomic E-state index is 6.25. The van der Waals surface area contributed by atoms with Crippen molar-refractivity contribution in [2.45, 2.75) is 39.2 Å². The van der Waals surface area contributed by atoms with Crippen molar-refractivity contribution in [3.05, 3.63) is 27.8 Å². The van der Waals surface area contributed by atoms with E-state index in [1.165, 1.54) is 29.5 Å². The van der Waals surface area contributed by atoms with Gasteiger partial charge in [-0.3, -0.25) is 0 Å². The fraction of sp³-hybridized carbons (Fsp3) is 0.571. The first-order valence-electron chi connectivity index (χ1n) is 6.19. The van der Waals surface area contributed by atoms with Crippen LogP contribution in [-0.2, 0) is 6.42 Å². The molecule has 1 fully saturated rings. The molecule has 2 rings (SSSR count). The van der Waals surface area contributed by atoms with Crippen molar-refractivity contribution in [2.75, 3.05) is 13.7 Å². The van der Waals surface area contributed by atoms with Gasteiger partial charge >= 0.3 is 0 Å². The minimum atomic E-state index is 0.570. The Bertz CT molecular complexity index is 411. The first-order valence-corrected chi connectivity index (χ1v) is 6.57. The molecule has 0 spiro atoms. The largest absolute Gasteiger partial charge is 0.495 e. The molecule has 1 unspecified atom stereocenters. The van der Waals surface area contributed by atoms with Gasteiger partial charge in [0.2, 0.25) is 0 Å². The van der Waals surface area contributed by atoms with Crippen LogP contribution in [0.4, 0.5) is 0 Å². The van der Waals surface area contributed by atoms with Crippen molar-refractivity contribution in [2.24, 2.45) is 0 Å². The molecule has 1 aliphatic rings. The Kier molecular flexibility index (Phi) is 3.95. The normalized spacial score (nSPS) is 19.6. The summed E-state index contributed by atoms with van der Waals surface area (Å²) in [6, 6.07) is 2.56. The molecular weight excluding hydrogens is 234 g/mol. The van der Waals surface area contributed by atoms with E-state index in [0.29, 0.717) is 6.04 Å². The van der Waals surface area contributed by atoms with Crippen LogP contribution in [0.15, 0.2) is 6.07 Å². The van der Waals surface area contributed by atoms with E-state index < -0.39 is 0 Å². The van der Waals surface area contributed by atoms with Crippen LogP contribution in [0.2, 0.25) is 5.02 Å². The van der Waals surface area contributed by atoms with E-state index in [2.05, 4.69) is 19.2 Å². The van der Waals surface area contributed by atoms with Crippen molar-refractivity contribution < 1.29 is 4.74 Å². The van der Waals surface area contributed by atoms with E-state index >= 15 is 0 Å². The monoisotopic (exact) mass is 253 g/mol. The van der Waals surface area contributed by atoms with Gasteiger partial charge in [0.15, 0.2) is 0 Å². The number of methoxy groups -OCH3 is 1. The third kappa shape index (κ3) is 2.58. The zero-order valence-corrected chi connectivity index (χ0v) is 11.5. The Hall–Kier alpha value is -0.730. The summed E-state index contributed by atoms with van der Waals surface area (Å²) < 4.78 is 5.46. The van der Waals surface area contributed by atoms with Gasteiger partial charge in [0.1, 0.15) is 5.75 Å². The summed E-state index contributed by atoms with van der Waals surface area (Å²) in [7, 11) is 1.70. The molecule has 2 nitrogen and oxygen atoms in total. The first-order chi connectivity index (χ1) is 8.13. The number of rotatable bonds is 3. The summed E-state index contributed by atoms with van der Waals surface area (Å²) in [4.78, 5) is 0. The molecule has 0 saturated carbocycles. The van der Waals surface area contributed by atoms with E-state index in [-0.39, 0.29) is 0 Å². The molecule has 0 amide bonds. The first kappa shape index (κ1) is 12.7. The summed E-state index contributed by atoms with van der Waals surface area (Å²) in [6.45, 7) is 5.39. The summed E-state index contributed by atoms with van der Waals surface area (Å²) in [5, 5.41) is 4.25. The van der Waals surface area contributed by atoms with Crippen molar-refractivity contribution in [3.63, 3.8) is 0 Å². The standard InChI is InChI=1S/C14H20ClNO/c1-9-7-13(15)14(17-3)12(10(9)2)8-11-5-4-6-16-11/h7,11,16H,4-6,8H2,1-3H3. The fourth-order valence-corrected chi connectivity index (χ4v) is 2.92. The lowest BCUT2D eigenvalue weighted by Crippen LogP contribution is -2.24. The molecule has 17 heavy (non-hydrogen) atoms. The highest BCUT2D eigenvalue weighted by atomic mass is 35.5. The van der Waals surface area contributed by atoms with Crippen LogP contribution in [0.1, 0.15) is 29.5 Å². The van der Waals surface area contributed by atoms with Crippen molar-refractivity contribution >= 4 is 11.6 Å². The molecule has 94 valence electrons. The van der Waals surface area contributed by atoms with E-state index in [9.17, 15) is 0 Å². The second-order valence-corrected chi connectivity index (χ2v) is 5.22.